The molecule has 0 aliphatic rings. The lowest BCUT2D eigenvalue weighted by Crippen LogP contribution is -2.07. The van der Waals surface area contributed by atoms with E-state index < -0.39 is 0 Å². The van der Waals surface area contributed by atoms with Gasteiger partial charge in [-0.25, -0.2) is 4.39 Å². The number of benzene rings is 2. The summed E-state index contributed by atoms with van der Waals surface area (Å²) in [6.45, 7) is 4.00. The van der Waals surface area contributed by atoms with Crippen LogP contribution in [0.3, 0.4) is 0 Å². The Morgan fingerprint density at radius 1 is 1.17 bits per heavy atom. The lowest BCUT2D eigenvalue weighted by Gasteiger charge is -2.13. The highest BCUT2D eigenvalue weighted by molar-refractivity contribution is 5.49. The fourth-order valence-corrected chi connectivity index (χ4v) is 2.27. The van der Waals surface area contributed by atoms with E-state index in [1.54, 1.807) is 13.0 Å². The zero-order chi connectivity index (χ0) is 16.9. The van der Waals surface area contributed by atoms with E-state index >= 15 is 0 Å². The van der Waals surface area contributed by atoms with Gasteiger partial charge in [-0.05, 0) is 36.8 Å². The number of nitrogens with zero attached hydrogens (tertiary/aromatic N) is 2. The minimum atomic E-state index is -0.268. The molecule has 0 aliphatic carbocycles. The standard InChI is InChI=1S/C18H18FN3O2/c1-12(18-22-21-13(2)24-18)20-16-7-4-8-17(10-16)23-11-14-5-3-6-15(19)9-14/h3-10,12,20H,11H2,1-2H3. The van der Waals surface area contributed by atoms with Crippen molar-refractivity contribution in [3.63, 3.8) is 0 Å². The zero-order valence-electron chi connectivity index (χ0n) is 13.5. The molecule has 5 nitrogen and oxygen atoms in total. The van der Waals surface area contributed by atoms with E-state index in [4.69, 9.17) is 9.15 Å². The van der Waals surface area contributed by atoms with Gasteiger partial charge in [0.15, 0.2) is 0 Å². The van der Waals surface area contributed by atoms with Gasteiger partial charge < -0.3 is 14.5 Å². The van der Waals surface area contributed by atoms with Gasteiger partial charge in [0.25, 0.3) is 0 Å². The molecule has 0 bridgehead atoms. The average molecular weight is 327 g/mol. The van der Waals surface area contributed by atoms with Crippen molar-refractivity contribution in [1.29, 1.82) is 0 Å². The summed E-state index contributed by atoms with van der Waals surface area (Å²) in [6, 6.07) is 13.8. The number of aromatic nitrogens is 2. The molecule has 0 amide bonds. The van der Waals surface area contributed by atoms with Crippen LogP contribution in [-0.2, 0) is 6.61 Å². The topological polar surface area (TPSA) is 60.2 Å². The molecular weight excluding hydrogens is 309 g/mol. The lowest BCUT2D eigenvalue weighted by molar-refractivity contribution is 0.305. The van der Waals surface area contributed by atoms with E-state index in [9.17, 15) is 4.39 Å². The Kier molecular flexibility index (Phi) is 4.74. The molecule has 3 aromatic rings. The number of hydrogen-bond donors (Lipinski definition) is 1. The van der Waals surface area contributed by atoms with Crippen molar-refractivity contribution in [1.82, 2.24) is 10.2 Å². The summed E-state index contributed by atoms with van der Waals surface area (Å²) in [7, 11) is 0. The zero-order valence-corrected chi connectivity index (χ0v) is 13.5. The van der Waals surface area contributed by atoms with Crippen molar-refractivity contribution in [2.24, 2.45) is 0 Å². The third-order valence-corrected chi connectivity index (χ3v) is 3.42. The molecule has 0 fully saturated rings. The van der Waals surface area contributed by atoms with Crippen LogP contribution in [0.5, 0.6) is 5.75 Å². The molecule has 1 atom stereocenters. The lowest BCUT2D eigenvalue weighted by atomic mass is 10.2. The minimum Gasteiger partial charge on any atom is -0.489 e. The van der Waals surface area contributed by atoms with Gasteiger partial charge in [0.05, 0.1) is 0 Å². The largest absolute Gasteiger partial charge is 0.489 e. The highest BCUT2D eigenvalue weighted by Gasteiger charge is 2.12. The minimum absolute atomic E-state index is 0.121. The van der Waals surface area contributed by atoms with Crippen LogP contribution < -0.4 is 10.1 Å². The molecule has 1 aromatic heterocycles. The van der Waals surface area contributed by atoms with Crippen molar-refractivity contribution in [2.45, 2.75) is 26.5 Å². The molecule has 0 spiro atoms. The molecule has 0 saturated carbocycles. The van der Waals surface area contributed by atoms with Gasteiger partial charge in [0.2, 0.25) is 11.8 Å². The smallest absolute Gasteiger partial charge is 0.238 e. The molecule has 3 rings (SSSR count). The van der Waals surface area contributed by atoms with Gasteiger partial charge in [-0.15, -0.1) is 10.2 Å². The highest BCUT2D eigenvalue weighted by atomic mass is 19.1. The molecule has 24 heavy (non-hydrogen) atoms. The Bertz CT molecular complexity index is 819. The monoisotopic (exact) mass is 327 g/mol. The summed E-state index contributed by atoms with van der Waals surface area (Å²) in [5.41, 5.74) is 1.65. The molecule has 0 saturated heterocycles. The van der Waals surface area contributed by atoms with Crippen LogP contribution in [0, 0.1) is 12.7 Å². The Labute approximate surface area is 139 Å². The first-order valence-corrected chi connectivity index (χ1v) is 7.64. The number of hydrogen-bond acceptors (Lipinski definition) is 5. The predicted octanol–water partition coefficient (Wildman–Crippen LogP) is 4.27. The van der Waals surface area contributed by atoms with E-state index in [0.717, 1.165) is 11.3 Å². The SMILES string of the molecule is Cc1nnc(C(C)Nc2cccc(OCc3cccc(F)c3)c2)o1. The Hall–Kier alpha value is -2.89. The van der Waals surface area contributed by atoms with Crippen LogP contribution in [0.1, 0.15) is 30.3 Å². The molecule has 1 heterocycles. The van der Waals surface area contributed by atoms with Crippen molar-refractivity contribution in [3.8, 4) is 5.75 Å². The van der Waals surface area contributed by atoms with Gasteiger partial charge >= 0.3 is 0 Å². The van der Waals surface area contributed by atoms with Gasteiger partial charge in [0, 0.05) is 18.7 Å². The summed E-state index contributed by atoms with van der Waals surface area (Å²) in [4.78, 5) is 0. The first-order valence-electron chi connectivity index (χ1n) is 7.64. The second-order valence-electron chi connectivity index (χ2n) is 5.47. The first kappa shape index (κ1) is 16.0. The summed E-state index contributed by atoms with van der Waals surface area (Å²) < 4.78 is 24.3. The molecule has 6 heteroatoms. The summed E-state index contributed by atoms with van der Waals surface area (Å²) in [6.07, 6.45) is 0. The number of anilines is 1. The molecule has 0 radical (unpaired) electrons. The van der Waals surface area contributed by atoms with Gasteiger partial charge in [0.1, 0.15) is 24.2 Å². The van der Waals surface area contributed by atoms with Crippen molar-refractivity contribution >= 4 is 5.69 Å². The molecule has 1 unspecified atom stereocenters. The summed E-state index contributed by atoms with van der Waals surface area (Å²) in [5.74, 6) is 1.48. The van der Waals surface area contributed by atoms with Crippen LogP contribution in [0.2, 0.25) is 0 Å². The van der Waals surface area contributed by atoms with E-state index in [2.05, 4.69) is 15.5 Å². The van der Waals surface area contributed by atoms with Crippen molar-refractivity contribution in [3.05, 3.63) is 71.7 Å². The number of aryl methyl sites for hydroxylation is 1. The fourth-order valence-electron chi connectivity index (χ4n) is 2.27. The predicted molar refractivity (Wildman–Crippen MR) is 88.2 cm³/mol. The first-order chi connectivity index (χ1) is 11.6. The Balaban J connectivity index is 1.63. The maximum Gasteiger partial charge on any atom is 0.238 e. The van der Waals surface area contributed by atoms with E-state index in [0.29, 0.717) is 24.1 Å². The van der Waals surface area contributed by atoms with E-state index in [-0.39, 0.29) is 11.9 Å². The second kappa shape index (κ2) is 7.12. The average Bonchev–Trinajstić information content (AvgIpc) is 3.00. The van der Waals surface area contributed by atoms with Crippen LogP contribution in [-0.4, -0.2) is 10.2 Å². The van der Waals surface area contributed by atoms with Crippen LogP contribution in [0.15, 0.2) is 52.9 Å². The van der Waals surface area contributed by atoms with Crippen LogP contribution in [0.4, 0.5) is 10.1 Å². The van der Waals surface area contributed by atoms with Crippen molar-refractivity contribution < 1.29 is 13.5 Å². The maximum atomic E-state index is 13.2. The van der Waals surface area contributed by atoms with E-state index in [1.807, 2.05) is 37.3 Å². The number of halogens is 1. The third kappa shape index (κ3) is 4.10. The second-order valence-corrected chi connectivity index (χ2v) is 5.47. The quantitative estimate of drug-likeness (QED) is 0.732. The highest BCUT2D eigenvalue weighted by Crippen LogP contribution is 2.23. The van der Waals surface area contributed by atoms with Crippen molar-refractivity contribution in [2.75, 3.05) is 5.32 Å². The van der Waals surface area contributed by atoms with Gasteiger partial charge in [-0.3, -0.25) is 0 Å². The maximum absolute atomic E-state index is 13.2. The molecule has 124 valence electrons. The van der Waals surface area contributed by atoms with Crippen LogP contribution in [0.25, 0.3) is 0 Å². The van der Waals surface area contributed by atoms with Crippen LogP contribution >= 0.6 is 0 Å². The number of nitrogens with one attached hydrogen (secondary N) is 1. The molecule has 2 aromatic carbocycles. The van der Waals surface area contributed by atoms with E-state index in [1.165, 1.54) is 12.1 Å². The Morgan fingerprint density at radius 3 is 2.75 bits per heavy atom. The number of rotatable bonds is 6. The summed E-state index contributed by atoms with van der Waals surface area (Å²) >= 11 is 0. The molecule has 0 aliphatic heterocycles. The normalized spacial score (nSPS) is 12.0. The molecule has 1 N–H and O–H groups in total. The van der Waals surface area contributed by atoms with Gasteiger partial charge in [-0.1, -0.05) is 18.2 Å². The Morgan fingerprint density at radius 2 is 2.00 bits per heavy atom. The third-order valence-electron chi connectivity index (χ3n) is 3.42. The fraction of sp³-hybridized carbons (Fsp3) is 0.222. The number of ether oxygens (including phenoxy) is 1. The summed E-state index contributed by atoms with van der Waals surface area (Å²) in [5, 5.41) is 11.1. The molecular formula is C18H18FN3O2. The van der Waals surface area contributed by atoms with Gasteiger partial charge in [-0.2, -0.15) is 0 Å².